The Bertz CT molecular complexity index is 676. The van der Waals surface area contributed by atoms with Crippen LogP contribution in [0.2, 0.25) is 0 Å². The van der Waals surface area contributed by atoms with Crippen molar-refractivity contribution in [3.05, 3.63) is 46.5 Å². The second-order valence-electron chi connectivity index (χ2n) is 5.97. The summed E-state index contributed by atoms with van der Waals surface area (Å²) in [5.74, 6) is 1.04. The number of nitrogens with zero attached hydrogens (tertiary/aromatic N) is 3. The van der Waals surface area contributed by atoms with Crippen LogP contribution in [0.5, 0.6) is 0 Å². The molecule has 2 heterocycles. The number of piperazine rings is 1. The highest BCUT2D eigenvalue weighted by Crippen LogP contribution is 2.26. The van der Waals surface area contributed by atoms with E-state index < -0.39 is 0 Å². The number of aromatic nitrogens is 1. The fourth-order valence-corrected chi connectivity index (χ4v) is 4.54. The van der Waals surface area contributed by atoms with Crippen LogP contribution in [0.4, 0.5) is 0 Å². The van der Waals surface area contributed by atoms with Crippen molar-refractivity contribution in [3.8, 4) is 0 Å². The van der Waals surface area contributed by atoms with Gasteiger partial charge < -0.3 is 9.80 Å². The molecule has 3 rings (SSSR count). The number of aryl methyl sites for hydroxylation is 1. The first-order valence-corrected chi connectivity index (χ1v) is 10.2. The van der Waals surface area contributed by atoms with Gasteiger partial charge in [-0.3, -0.25) is 4.79 Å². The van der Waals surface area contributed by atoms with Gasteiger partial charge in [0.25, 0.3) is 5.91 Å². The van der Waals surface area contributed by atoms with Crippen molar-refractivity contribution in [2.45, 2.75) is 23.9 Å². The summed E-state index contributed by atoms with van der Waals surface area (Å²) >= 11 is 3.43. The van der Waals surface area contributed by atoms with Crippen LogP contribution in [0, 0.1) is 6.92 Å². The Morgan fingerprint density at radius 1 is 1.21 bits per heavy atom. The number of hydrogen-bond donors (Lipinski definition) is 0. The average molecular weight is 362 g/mol. The van der Waals surface area contributed by atoms with Gasteiger partial charge in [0.05, 0.1) is 0 Å². The number of carbonyl (C=O) groups is 1. The molecule has 0 radical (unpaired) electrons. The molecule has 4 nitrogen and oxygen atoms in total. The van der Waals surface area contributed by atoms with Gasteiger partial charge in [-0.1, -0.05) is 30.8 Å². The van der Waals surface area contributed by atoms with Crippen molar-refractivity contribution in [1.82, 2.24) is 14.8 Å². The maximum atomic E-state index is 12.6. The second kappa shape index (κ2) is 8.14. The van der Waals surface area contributed by atoms with Crippen LogP contribution >= 0.6 is 23.1 Å². The Morgan fingerprint density at radius 3 is 2.50 bits per heavy atom. The van der Waals surface area contributed by atoms with Crippen molar-refractivity contribution >= 4 is 29.0 Å². The lowest BCUT2D eigenvalue weighted by Crippen LogP contribution is -2.48. The second-order valence-corrected chi connectivity index (χ2v) is 8.05. The van der Waals surface area contributed by atoms with Gasteiger partial charge >= 0.3 is 0 Å². The van der Waals surface area contributed by atoms with Crippen LogP contribution in [0.1, 0.15) is 28.5 Å². The summed E-state index contributed by atoms with van der Waals surface area (Å²) in [5, 5.41) is 2.07. The fraction of sp³-hybridized carbons (Fsp3) is 0.444. The molecule has 2 aromatic rings. The molecule has 1 saturated heterocycles. The van der Waals surface area contributed by atoms with Crippen molar-refractivity contribution in [2.24, 2.45) is 0 Å². The van der Waals surface area contributed by atoms with E-state index in [-0.39, 0.29) is 5.91 Å². The van der Waals surface area contributed by atoms with E-state index in [1.54, 1.807) is 23.1 Å². The number of rotatable bonds is 5. The Morgan fingerprint density at radius 2 is 1.92 bits per heavy atom. The van der Waals surface area contributed by atoms with E-state index in [0.29, 0.717) is 0 Å². The largest absolute Gasteiger partial charge is 0.336 e. The molecule has 1 amide bonds. The summed E-state index contributed by atoms with van der Waals surface area (Å²) in [7, 11) is 0. The van der Waals surface area contributed by atoms with Crippen LogP contribution in [-0.4, -0.2) is 53.4 Å². The Balaban J connectivity index is 1.55. The summed E-state index contributed by atoms with van der Waals surface area (Å²) in [4.78, 5) is 21.4. The number of likely N-dealkylation sites (N-methyl/N-ethyl adjacent to an activating group) is 1. The van der Waals surface area contributed by atoms with E-state index in [9.17, 15) is 4.79 Å². The lowest BCUT2D eigenvalue weighted by atomic mass is 10.1. The number of carbonyl (C=O) groups excluding carboxylic acids is 1. The minimum absolute atomic E-state index is 0.153. The number of amides is 1. The molecule has 0 aliphatic carbocycles. The van der Waals surface area contributed by atoms with Crippen molar-refractivity contribution in [2.75, 3.05) is 32.7 Å². The van der Waals surface area contributed by atoms with E-state index in [1.165, 1.54) is 5.56 Å². The zero-order valence-corrected chi connectivity index (χ0v) is 15.8. The molecule has 0 saturated carbocycles. The summed E-state index contributed by atoms with van der Waals surface area (Å²) in [6.07, 6.45) is 0. The number of thiazole rings is 1. The molecule has 6 heteroatoms. The Labute approximate surface area is 151 Å². The first kappa shape index (κ1) is 17.5. The van der Waals surface area contributed by atoms with Gasteiger partial charge in [-0.15, -0.1) is 11.3 Å². The molecular weight excluding hydrogens is 338 g/mol. The van der Waals surface area contributed by atoms with Gasteiger partial charge in [0, 0.05) is 48.6 Å². The molecule has 0 atom stereocenters. The summed E-state index contributed by atoms with van der Waals surface area (Å²) in [6, 6.07) is 8.03. The molecule has 1 fully saturated rings. The minimum Gasteiger partial charge on any atom is -0.336 e. The summed E-state index contributed by atoms with van der Waals surface area (Å²) in [6.45, 7) is 8.85. The SMILES string of the molecule is CCN1CCN(C(=O)c2ccc(CSc3nc(C)cs3)cc2)CC1. The normalized spacial score (nSPS) is 15.7. The van der Waals surface area contributed by atoms with E-state index in [1.807, 2.05) is 24.0 Å². The lowest BCUT2D eigenvalue weighted by molar-refractivity contribution is 0.0643. The third-order valence-corrected chi connectivity index (χ3v) is 6.48. The lowest BCUT2D eigenvalue weighted by Gasteiger charge is -2.34. The highest BCUT2D eigenvalue weighted by molar-refractivity contribution is 8.00. The number of thioether (sulfide) groups is 1. The minimum atomic E-state index is 0.153. The molecule has 128 valence electrons. The Kier molecular flexibility index (Phi) is 5.92. The van der Waals surface area contributed by atoms with Crippen molar-refractivity contribution < 1.29 is 4.79 Å². The molecular formula is C18H23N3OS2. The predicted octanol–water partition coefficient (Wildman–Crippen LogP) is 3.52. The van der Waals surface area contributed by atoms with Crippen LogP contribution in [0.3, 0.4) is 0 Å². The van der Waals surface area contributed by atoms with Crippen molar-refractivity contribution in [3.63, 3.8) is 0 Å². The number of benzene rings is 1. The molecule has 0 spiro atoms. The van der Waals surface area contributed by atoms with Gasteiger partial charge in [-0.05, 0) is 31.2 Å². The number of hydrogen-bond acceptors (Lipinski definition) is 5. The Hall–Kier alpha value is -1.37. The van der Waals surface area contributed by atoms with Crippen LogP contribution in [-0.2, 0) is 5.75 Å². The maximum absolute atomic E-state index is 12.6. The fourth-order valence-electron chi connectivity index (χ4n) is 2.74. The summed E-state index contributed by atoms with van der Waals surface area (Å²) < 4.78 is 1.10. The smallest absolute Gasteiger partial charge is 0.253 e. The van der Waals surface area contributed by atoms with Gasteiger partial charge in [0.2, 0.25) is 0 Å². The molecule has 24 heavy (non-hydrogen) atoms. The van der Waals surface area contributed by atoms with Crippen LogP contribution < -0.4 is 0 Å². The molecule has 1 aromatic carbocycles. The maximum Gasteiger partial charge on any atom is 0.253 e. The quantitative estimate of drug-likeness (QED) is 0.764. The van der Waals surface area contributed by atoms with Crippen molar-refractivity contribution in [1.29, 1.82) is 0 Å². The first-order valence-electron chi connectivity index (χ1n) is 8.31. The first-order chi connectivity index (χ1) is 11.7. The standard InChI is InChI=1S/C18H23N3OS2/c1-3-20-8-10-21(11-9-20)17(22)16-6-4-15(5-7-16)13-24-18-19-14(2)12-23-18/h4-7,12H,3,8-11,13H2,1-2H3. The highest BCUT2D eigenvalue weighted by Gasteiger charge is 2.21. The zero-order chi connectivity index (χ0) is 16.9. The van der Waals surface area contributed by atoms with E-state index in [4.69, 9.17) is 0 Å². The molecule has 1 aliphatic heterocycles. The molecule has 0 N–H and O–H groups in total. The van der Waals surface area contributed by atoms with Gasteiger partial charge in [-0.25, -0.2) is 4.98 Å². The van der Waals surface area contributed by atoms with E-state index in [2.05, 4.69) is 34.3 Å². The monoisotopic (exact) mass is 361 g/mol. The van der Waals surface area contributed by atoms with Gasteiger partial charge in [0.15, 0.2) is 0 Å². The predicted molar refractivity (Wildman–Crippen MR) is 101 cm³/mol. The third-order valence-electron chi connectivity index (χ3n) is 4.27. The highest BCUT2D eigenvalue weighted by atomic mass is 32.2. The zero-order valence-electron chi connectivity index (χ0n) is 14.2. The van der Waals surface area contributed by atoms with Crippen LogP contribution in [0.25, 0.3) is 0 Å². The van der Waals surface area contributed by atoms with E-state index >= 15 is 0 Å². The third kappa shape index (κ3) is 4.37. The van der Waals surface area contributed by atoms with Crippen LogP contribution in [0.15, 0.2) is 34.0 Å². The average Bonchev–Trinajstić information content (AvgIpc) is 3.05. The summed E-state index contributed by atoms with van der Waals surface area (Å²) in [5.41, 5.74) is 3.09. The molecule has 1 aromatic heterocycles. The molecule has 0 unspecified atom stereocenters. The topological polar surface area (TPSA) is 36.4 Å². The van der Waals surface area contributed by atoms with Gasteiger partial charge in [0.1, 0.15) is 4.34 Å². The van der Waals surface area contributed by atoms with E-state index in [0.717, 1.165) is 54.1 Å². The van der Waals surface area contributed by atoms with Gasteiger partial charge in [-0.2, -0.15) is 0 Å². The molecule has 1 aliphatic rings. The molecule has 0 bridgehead atoms.